The summed E-state index contributed by atoms with van der Waals surface area (Å²) in [6.07, 6.45) is 4.43. The van der Waals surface area contributed by atoms with E-state index >= 15 is 0 Å². The van der Waals surface area contributed by atoms with E-state index in [0.717, 1.165) is 31.2 Å². The van der Waals surface area contributed by atoms with Gasteiger partial charge in [-0.3, -0.25) is 14.4 Å². The standard InChI is InChI=1S/C20H27N3O3/c1-13-7-3-4-8-16(13)20(26)23-12-6-5-9-17(23)19(25)21-14(2)18(24)22-15-10-11-15/h3-4,7-8,14-15,17H,5-6,9-12H2,1-2H3,(H,21,25)(H,22,24). The molecule has 1 aliphatic carbocycles. The third-order valence-electron chi connectivity index (χ3n) is 5.12. The maximum Gasteiger partial charge on any atom is 0.254 e. The Morgan fingerprint density at radius 3 is 2.54 bits per heavy atom. The Bertz CT molecular complexity index is 699. The molecule has 6 nitrogen and oxygen atoms in total. The van der Waals surface area contributed by atoms with Crippen LogP contribution in [0.15, 0.2) is 24.3 Å². The lowest BCUT2D eigenvalue weighted by molar-refractivity contribution is -0.131. The molecule has 140 valence electrons. The number of hydrogen-bond donors (Lipinski definition) is 2. The number of likely N-dealkylation sites (tertiary alicyclic amines) is 1. The fourth-order valence-electron chi connectivity index (χ4n) is 3.34. The molecular formula is C20H27N3O3. The van der Waals surface area contributed by atoms with Gasteiger partial charge >= 0.3 is 0 Å². The van der Waals surface area contributed by atoms with Crippen LogP contribution in [0.2, 0.25) is 0 Å². The van der Waals surface area contributed by atoms with Gasteiger partial charge in [0.1, 0.15) is 12.1 Å². The Morgan fingerprint density at radius 2 is 1.85 bits per heavy atom. The number of piperidine rings is 1. The van der Waals surface area contributed by atoms with Gasteiger partial charge in [0.2, 0.25) is 11.8 Å². The van der Waals surface area contributed by atoms with Crippen LogP contribution in [-0.4, -0.2) is 47.3 Å². The Hall–Kier alpha value is -2.37. The van der Waals surface area contributed by atoms with E-state index in [1.165, 1.54) is 0 Å². The highest BCUT2D eigenvalue weighted by Crippen LogP contribution is 2.22. The van der Waals surface area contributed by atoms with E-state index in [0.29, 0.717) is 18.5 Å². The summed E-state index contributed by atoms with van der Waals surface area (Å²) in [6.45, 7) is 4.15. The summed E-state index contributed by atoms with van der Waals surface area (Å²) in [5, 5.41) is 5.68. The van der Waals surface area contributed by atoms with Crippen LogP contribution < -0.4 is 10.6 Å². The Kier molecular flexibility index (Phi) is 5.59. The zero-order valence-corrected chi connectivity index (χ0v) is 15.5. The normalized spacial score (nSPS) is 21.0. The van der Waals surface area contributed by atoms with Crippen molar-refractivity contribution in [3.63, 3.8) is 0 Å². The summed E-state index contributed by atoms with van der Waals surface area (Å²) in [5.74, 6) is -0.517. The molecule has 0 radical (unpaired) electrons. The molecule has 26 heavy (non-hydrogen) atoms. The fraction of sp³-hybridized carbons (Fsp3) is 0.550. The smallest absolute Gasteiger partial charge is 0.254 e. The third-order valence-corrected chi connectivity index (χ3v) is 5.12. The van der Waals surface area contributed by atoms with Crippen LogP contribution in [0.1, 0.15) is 54.9 Å². The van der Waals surface area contributed by atoms with Crippen LogP contribution in [0, 0.1) is 6.92 Å². The maximum atomic E-state index is 13.0. The molecule has 1 aliphatic heterocycles. The molecule has 1 saturated carbocycles. The summed E-state index contributed by atoms with van der Waals surface area (Å²) in [5.41, 5.74) is 1.53. The fourth-order valence-corrected chi connectivity index (χ4v) is 3.34. The van der Waals surface area contributed by atoms with Crippen molar-refractivity contribution in [2.75, 3.05) is 6.54 Å². The number of benzene rings is 1. The maximum absolute atomic E-state index is 13.0. The van der Waals surface area contributed by atoms with Crippen LogP contribution in [0.4, 0.5) is 0 Å². The third kappa shape index (κ3) is 4.23. The molecule has 6 heteroatoms. The number of hydrogen-bond acceptors (Lipinski definition) is 3. The number of nitrogens with one attached hydrogen (secondary N) is 2. The Morgan fingerprint density at radius 1 is 1.12 bits per heavy atom. The molecule has 2 aliphatic rings. The predicted octanol–water partition coefficient (Wildman–Crippen LogP) is 1.77. The van der Waals surface area contributed by atoms with Gasteiger partial charge in [0.15, 0.2) is 0 Å². The number of rotatable bonds is 5. The summed E-state index contributed by atoms with van der Waals surface area (Å²) in [7, 11) is 0. The molecule has 1 heterocycles. The van der Waals surface area contributed by atoms with E-state index in [9.17, 15) is 14.4 Å². The molecule has 2 atom stereocenters. The first-order valence-electron chi connectivity index (χ1n) is 9.44. The van der Waals surface area contributed by atoms with Gasteiger partial charge in [0.25, 0.3) is 5.91 Å². The van der Waals surface area contributed by atoms with Crippen LogP contribution in [0.5, 0.6) is 0 Å². The van der Waals surface area contributed by atoms with Crippen molar-refractivity contribution in [1.82, 2.24) is 15.5 Å². The molecular weight excluding hydrogens is 330 g/mol. The molecule has 2 fully saturated rings. The number of carbonyl (C=O) groups is 3. The molecule has 1 saturated heterocycles. The van der Waals surface area contributed by atoms with Gasteiger partial charge in [-0.2, -0.15) is 0 Å². The highest BCUT2D eigenvalue weighted by Gasteiger charge is 2.34. The Balaban J connectivity index is 1.67. The van der Waals surface area contributed by atoms with E-state index in [1.54, 1.807) is 17.9 Å². The molecule has 3 amide bonds. The number of nitrogens with zero attached hydrogens (tertiary/aromatic N) is 1. The van der Waals surface area contributed by atoms with E-state index in [2.05, 4.69) is 10.6 Å². The predicted molar refractivity (Wildman–Crippen MR) is 98.6 cm³/mol. The minimum atomic E-state index is -0.597. The minimum absolute atomic E-state index is 0.113. The van der Waals surface area contributed by atoms with Crippen molar-refractivity contribution in [3.05, 3.63) is 35.4 Å². The first kappa shape index (κ1) is 18.4. The van der Waals surface area contributed by atoms with Gasteiger partial charge < -0.3 is 15.5 Å². The van der Waals surface area contributed by atoms with E-state index in [-0.39, 0.29) is 23.8 Å². The molecule has 0 spiro atoms. The van der Waals surface area contributed by atoms with E-state index in [4.69, 9.17) is 0 Å². The highest BCUT2D eigenvalue weighted by atomic mass is 16.2. The summed E-state index contributed by atoms with van der Waals surface area (Å²) in [4.78, 5) is 39.5. The van der Waals surface area contributed by atoms with Gasteiger partial charge in [-0.05, 0) is 57.6 Å². The van der Waals surface area contributed by atoms with Crippen molar-refractivity contribution in [1.29, 1.82) is 0 Å². The average Bonchev–Trinajstić information content (AvgIpc) is 3.45. The summed E-state index contributed by atoms with van der Waals surface area (Å²) >= 11 is 0. The van der Waals surface area contributed by atoms with Crippen molar-refractivity contribution >= 4 is 17.7 Å². The SMILES string of the molecule is Cc1ccccc1C(=O)N1CCCCC1C(=O)NC(C)C(=O)NC1CC1. The van der Waals surface area contributed by atoms with Crippen molar-refractivity contribution in [3.8, 4) is 0 Å². The highest BCUT2D eigenvalue weighted by molar-refractivity contribution is 5.99. The number of carbonyl (C=O) groups excluding carboxylic acids is 3. The first-order valence-corrected chi connectivity index (χ1v) is 9.44. The summed E-state index contributed by atoms with van der Waals surface area (Å²) < 4.78 is 0. The lowest BCUT2D eigenvalue weighted by atomic mass is 9.98. The van der Waals surface area contributed by atoms with Crippen molar-refractivity contribution < 1.29 is 14.4 Å². The largest absolute Gasteiger partial charge is 0.352 e. The van der Waals surface area contributed by atoms with Crippen LogP contribution >= 0.6 is 0 Å². The molecule has 0 bridgehead atoms. The molecule has 1 aromatic carbocycles. The van der Waals surface area contributed by atoms with Gasteiger partial charge in [-0.25, -0.2) is 0 Å². The van der Waals surface area contributed by atoms with E-state index < -0.39 is 12.1 Å². The molecule has 3 rings (SSSR count). The van der Waals surface area contributed by atoms with E-state index in [1.807, 2.05) is 25.1 Å². The van der Waals surface area contributed by atoms with Gasteiger partial charge in [-0.15, -0.1) is 0 Å². The molecule has 2 N–H and O–H groups in total. The average molecular weight is 357 g/mol. The van der Waals surface area contributed by atoms with Gasteiger partial charge in [0.05, 0.1) is 0 Å². The summed E-state index contributed by atoms with van der Waals surface area (Å²) in [6, 6.07) is 6.57. The Labute approximate surface area is 154 Å². The monoisotopic (exact) mass is 357 g/mol. The number of amides is 3. The second-order valence-electron chi connectivity index (χ2n) is 7.34. The second kappa shape index (κ2) is 7.89. The second-order valence-corrected chi connectivity index (χ2v) is 7.34. The van der Waals surface area contributed by atoms with Crippen molar-refractivity contribution in [2.45, 2.75) is 64.1 Å². The lowest BCUT2D eigenvalue weighted by Gasteiger charge is -2.35. The van der Waals surface area contributed by atoms with Crippen molar-refractivity contribution in [2.24, 2.45) is 0 Å². The number of aryl methyl sites for hydroxylation is 1. The van der Waals surface area contributed by atoms with Gasteiger partial charge in [-0.1, -0.05) is 18.2 Å². The quantitative estimate of drug-likeness (QED) is 0.843. The lowest BCUT2D eigenvalue weighted by Crippen LogP contribution is -2.55. The molecule has 2 unspecified atom stereocenters. The van der Waals surface area contributed by atoms with Crippen LogP contribution in [-0.2, 0) is 9.59 Å². The van der Waals surface area contributed by atoms with Gasteiger partial charge in [0, 0.05) is 18.2 Å². The molecule has 0 aromatic heterocycles. The zero-order valence-electron chi connectivity index (χ0n) is 15.5. The molecule has 1 aromatic rings. The van der Waals surface area contributed by atoms with Crippen LogP contribution in [0.25, 0.3) is 0 Å². The zero-order chi connectivity index (χ0) is 18.7. The van der Waals surface area contributed by atoms with Crippen LogP contribution in [0.3, 0.4) is 0 Å². The first-order chi connectivity index (χ1) is 12.5. The topological polar surface area (TPSA) is 78.5 Å². The minimum Gasteiger partial charge on any atom is -0.352 e.